The second kappa shape index (κ2) is 8.19. The van der Waals surface area contributed by atoms with Gasteiger partial charge in [0.25, 0.3) is 5.91 Å². The molecule has 2 aliphatic rings. The average Bonchev–Trinajstić information content (AvgIpc) is 3.18. The number of hydrogen-bond donors (Lipinski definition) is 0. The summed E-state index contributed by atoms with van der Waals surface area (Å²) in [5.41, 5.74) is 0.997. The van der Waals surface area contributed by atoms with Gasteiger partial charge in [-0.15, -0.1) is 0 Å². The topological polar surface area (TPSA) is 38.8 Å². The molecule has 1 atom stereocenters. The number of carbonyl (C=O) groups is 1. The lowest BCUT2D eigenvalue weighted by molar-refractivity contribution is -0.135. The second-order valence-electron chi connectivity index (χ2n) is 6.70. The molecule has 1 aromatic rings. The molecule has 1 aliphatic carbocycles. The van der Waals surface area contributed by atoms with Crippen LogP contribution in [0, 0.1) is 12.8 Å². The minimum absolute atomic E-state index is 0.0478. The summed E-state index contributed by atoms with van der Waals surface area (Å²) in [7, 11) is 0. The maximum atomic E-state index is 12.7. The van der Waals surface area contributed by atoms with Crippen LogP contribution in [0.5, 0.6) is 5.75 Å². The van der Waals surface area contributed by atoms with Crippen molar-refractivity contribution in [3.8, 4) is 5.75 Å². The Morgan fingerprint density at radius 2 is 2.08 bits per heavy atom. The highest BCUT2D eigenvalue weighted by Gasteiger charge is 2.29. The highest BCUT2D eigenvalue weighted by Crippen LogP contribution is 2.33. The third-order valence-corrected chi connectivity index (χ3v) is 5.56. The number of carbonyl (C=O) groups excluding carboxylic acids is 1. The van der Waals surface area contributed by atoms with Gasteiger partial charge in [0, 0.05) is 24.2 Å². The van der Waals surface area contributed by atoms with Gasteiger partial charge in [-0.2, -0.15) is 0 Å². The van der Waals surface area contributed by atoms with Crippen molar-refractivity contribution in [2.75, 3.05) is 26.3 Å². The predicted octanol–water partition coefficient (Wildman–Crippen LogP) is 4.32. The molecule has 1 saturated heterocycles. The number of hydrogen-bond acceptors (Lipinski definition) is 3. The van der Waals surface area contributed by atoms with Crippen LogP contribution < -0.4 is 4.74 Å². The van der Waals surface area contributed by atoms with Crippen molar-refractivity contribution in [2.45, 2.75) is 38.7 Å². The third-order valence-electron chi connectivity index (χ3n) is 4.51. The van der Waals surface area contributed by atoms with Gasteiger partial charge in [-0.25, -0.2) is 0 Å². The third kappa shape index (κ3) is 4.96. The number of rotatable bonds is 7. The van der Waals surface area contributed by atoms with Gasteiger partial charge < -0.3 is 14.4 Å². The van der Waals surface area contributed by atoms with E-state index in [-0.39, 0.29) is 18.6 Å². The Morgan fingerprint density at radius 1 is 1.29 bits per heavy atom. The molecule has 6 heteroatoms. The molecule has 24 heavy (non-hydrogen) atoms. The first-order chi connectivity index (χ1) is 11.5. The van der Waals surface area contributed by atoms with Crippen LogP contribution in [0.25, 0.3) is 0 Å². The van der Waals surface area contributed by atoms with Crippen molar-refractivity contribution in [1.82, 2.24) is 4.90 Å². The maximum absolute atomic E-state index is 12.7. The van der Waals surface area contributed by atoms with Crippen molar-refractivity contribution in [2.24, 2.45) is 5.92 Å². The van der Waals surface area contributed by atoms with Gasteiger partial charge in [-0.1, -0.05) is 15.9 Å². The monoisotopic (exact) mass is 459 g/mol. The lowest BCUT2D eigenvalue weighted by Crippen LogP contribution is -2.41. The first-order valence-electron chi connectivity index (χ1n) is 8.50. The molecule has 1 unspecified atom stereocenters. The number of halogens is 2. The molecule has 1 aromatic carbocycles. The summed E-state index contributed by atoms with van der Waals surface area (Å²) < 4.78 is 13.4. The number of aryl methyl sites for hydroxylation is 1. The lowest BCUT2D eigenvalue weighted by Gasteiger charge is -2.25. The van der Waals surface area contributed by atoms with Gasteiger partial charge in [0.1, 0.15) is 5.75 Å². The first kappa shape index (κ1) is 18.2. The zero-order valence-corrected chi connectivity index (χ0v) is 17.1. The van der Waals surface area contributed by atoms with E-state index in [0.717, 1.165) is 46.3 Å². The van der Waals surface area contributed by atoms with E-state index in [4.69, 9.17) is 9.47 Å². The minimum Gasteiger partial charge on any atom is -0.482 e. The summed E-state index contributed by atoms with van der Waals surface area (Å²) in [6.45, 7) is 4.39. The van der Waals surface area contributed by atoms with Crippen molar-refractivity contribution < 1.29 is 14.3 Å². The molecule has 0 N–H and O–H groups in total. The summed E-state index contributed by atoms with van der Waals surface area (Å²) >= 11 is 6.97. The minimum atomic E-state index is 0.0478. The summed E-state index contributed by atoms with van der Waals surface area (Å²) in [6.07, 6.45) is 4.79. The predicted molar refractivity (Wildman–Crippen MR) is 100 cm³/mol. The standard InChI is InChI=1S/C18H23Br2NO3/c1-12-7-14(19)8-16(20)18(12)24-11-17(22)21(9-13-4-5-13)10-15-3-2-6-23-15/h7-8,13,15H,2-6,9-11H2,1H3. The van der Waals surface area contributed by atoms with Gasteiger partial charge in [-0.3, -0.25) is 4.79 Å². The van der Waals surface area contributed by atoms with E-state index in [2.05, 4.69) is 31.9 Å². The lowest BCUT2D eigenvalue weighted by atomic mass is 10.2. The molecule has 1 aliphatic heterocycles. The SMILES string of the molecule is Cc1cc(Br)cc(Br)c1OCC(=O)N(CC1CC1)CC1CCCO1. The molecule has 0 spiro atoms. The van der Waals surface area contributed by atoms with E-state index in [1.807, 2.05) is 24.0 Å². The Bertz CT molecular complexity index is 575. The highest BCUT2D eigenvalue weighted by molar-refractivity contribution is 9.11. The fraction of sp³-hybridized carbons (Fsp3) is 0.611. The molecule has 4 nitrogen and oxygen atoms in total. The quantitative estimate of drug-likeness (QED) is 0.608. The molecule has 0 aromatic heterocycles. The smallest absolute Gasteiger partial charge is 0.260 e. The molecule has 2 fully saturated rings. The Labute approximate surface area is 160 Å². The molecule has 0 radical (unpaired) electrons. The van der Waals surface area contributed by atoms with Crippen LogP contribution >= 0.6 is 31.9 Å². The number of nitrogens with zero attached hydrogens (tertiary/aromatic N) is 1. The van der Waals surface area contributed by atoms with E-state index in [1.54, 1.807) is 0 Å². The van der Waals surface area contributed by atoms with Gasteiger partial charge in [0.05, 0.1) is 10.6 Å². The summed E-state index contributed by atoms with van der Waals surface area (Å²) in [5.74, 6) is 1.44. The van der Waals surface area contributed by atoms with Crippen LogP contribution in [-0.4, -0.2) is 43.2 Å². The van der Waals surface area contributed by atoms with Crippen LogP contribution in [0.15, 0.2) is 21.1 Å². The molecular formula is C18H23Br2NO3. The molecule has 1 saturated carbocycles. The van der Waals surface area contributed by atoms with E-state index >= 15 is 0 Å². The summed E-state index contributed by atoms with van der Waals surface area (Å²) in [6, 6.07) is 3.92. The second-order valence-corrected chi connectivity index (χ2v) is 8.47. The molecule has 3 rings (SSSR count). The van der Waals surface area contributed by atoms with Crippen molar-refractivity contribution in [3.63, 3.8) is 0 Å². The van der Waals surface area contributed by atoms with Gasteiger partial charge >= 0.3 is 0 Å². The fourth-order valence-corrected chi connectivity index (χ4v) is 4.57. The van der Waals surface area contributed by atoms with Crippen molar-refractivity contribution >= 4 is 37.8 Å². The van der Waals surface area contributed by atoms with Crippen LogP contribution in [0.1, 0.15) is 31.2 Å². The van der Waals surface area contributed by atoms with E-state index in [1.165, 1.54) is 12.8 Å². The summed E-state index contributed by atoms with van der Waals surface area (Å²) in [4.78, 5) is 14.6. The Hall–Kier alpha value is -0.590. The summed E-state index contributed by atoms with van der Waals surface area (Å²) in [5, 5.41) is 0. The molecular weight excluding hydrogens is 438 g/mol. The number of ether oxygens (including phenoxy) is 2. The average molecular weight is 461 g/mol. The van der Waals surface area contributed by atoms with E-state index < -0.39 is 0 Å². The van der Waals surface area contributed by atoms with E-state index in [9.17, 15) is 4.79 Å². The zero-order valence-electron chi connectivity index (χ0n) is 13.9. The largest absolute Gasteiger partial charge is 0.482 e. The maximum Gasteiger partial charge on any atom is 0.260 e. The highest BCUT2D eigenvalue weighted by atomic mass is 79.9. The van der Waals surface area contributed by atoms with Crippen molar-refractivity contribution in [3.05, 3.63) is 26.6 Å². The van der Waals surface area contributed by atoms with Crippen molar-refractivity contribution in [1.29, 1.82) is 0 Å². The normalized spacial score (nSPS) is 20.2. The molecule has 0 bridgehead atoms. The Morgan fingerprint density at radius 3 is 2.71 bits per heavy atom. The molecule has 132 valence electrons. The zero-order chi connectivity index (χ0) is 17.1. The number of benzene rings is 1. The van der Waals surface area contributed by atoms with Crippen LogP contribution in [0.3, 0.4) is 0 Å². The van der Waals surface area contributed by atoms with Crippen LogP contribution in [0.2, 0.25) is 0 Å². The van der Waals surface area contributed by atoms with Gasteiger partial charge in [0.2, 0.25) is 0 Å². The first-order valence-corrected chi connectivity index (χ1v) is 10.1. The van der Waals surface area contributed by atoms with Gasteiger partial charge in [-0.05, 0) is 72.2 Å². The fourth-order valence-electron chi connectivity index (χ4n) is 3.02. The van der Waals surface area contributed by atoms with Crippen LogP contribution in [-0.2, 0) is 9.53 Å². The Kier molecular flexibility index (Phi) is 6.22. The van der Waals surface area contributed by atoms with E-state index in [0.29, 0.717) is 12.5 Å². The molecule has 1 amide bonds. The Balaban J connectivity index is 1.60. The molecule has 1 heterocycles. The van der Waals surface area contributed by atoms with Crippen LogP contribution in [0.4, 0.5) is 0 Å². The van der Waals surface area contributed by atoms with Gasteiger partial charge in [0.15, 0.2) is 6.61 Å². The number of amides is 1.